The molecule has 0 saturated heterocycles. The van der Waals surface area contributed by atoms with Crippen LogP contribution in [-0.4, -0.2) is 69.7 Å². The number of aryl methyl sites for hydroxylation is 1. The van der Waals surface area contributed by atoms with E-state index >= 15 is 0 Å². The molecule has 44 heavy (non-hydrogen) atoms. The van der Waals surface area contributed by atoms with E-state index in [0.717, 1.165) is 27.8 Å². The van der Waals surface area contributed by atoms with Gasteiger partial charge in [0.2, 0.25) is 5.91 Å². The van der Waals surface area contributed by atoms with Gasteiger partial charge < -0.3 is 30.3 Å². The van der Waals surface area contributed by atoms with Crippen LogP contribution >= 0.6 is 0 Å². The second-order valence-electron chi connectivity index (χ2n) is 12.7. The molecule has 2 amide bonds. The average Bonchev–Trinajstić information content (AvgIpc) is 3.33. The maximum absolute atomic E-state index is 14.3. The molecule has 1 aliphatic rings. The van der Waals surface area contributed by atoms with Crippen LogP contribution in [0.2, 0.25) is 0 Å². The third kappa shape index (κ3) is 8.68. The van der Waals surface area contributed by atoms with Crippen molar-refractivity contribution in [1.29, 1.82) is 0 Å². The van der Waals surface area contributed by atoms with E-state index in [2.05, 4.69) is 5.32 Å². The quantitative estimate of drug-likeness (QED) is 0.239. The first-order valence-electron chi connectivity index (χ1n) is 15.4. The Morgan fingerprint density at radius 1 is 0.977 bits per heavy atom. The van der Waals surface area contributed by atoms with E-state index in [1.807, 2.05) is 78.9 Å². The summed E-state index contributed by atoms with van der Waals surface area (Å²) >= 11 is 0. The van der Waals surface area contributed by atoms with Crippen LogP contribution in [0, 0.1) is 0 Å². The number of hydrogen-bond donors (Lipinski definition) is 4. The van der Waals surface area contributed by atoms with E-state index in [-0.39, 0.29) is 18.9 Å². The summed E-state index contributed by atoms with van der Waals surface area (Å²) in [5, 5.41) is 34.8. The number of ether oxygens (including phenoxy) is 1. The van der Waals surface area contributed by atoms with Gasteiger partial charge in [-0.15, -0.1) is 0 Å². The van der Waals surface area contributed by atoms with Crippen LogP contribution in [0.4, 0.5) is 4.79 Å². The van der Waals surface area contributed by atoms with Gasteiger partial charge in [-0.1, -0.05) is 78.9 Å². The molecule has 236 valence electrons. The first-order valence-corrected chi connectivity index (χ1v) is 15.4. The summed E-state index contributed by atoms with van der Waals surface area (Å²) in [6, 6.07) is 23.7. The van der Waals surface area contributed by atoms with Crippen molar-refractivity contribution in [2.45, 2.75) is 88.7 Å². The highest BCUT2D eigenvalue weighted by Crippen LogP contribution is 2.38. The summed E-state index contributed by atoms with van der Waals surface area (Å²) < 4.78 is 5.51. The van der Waals surface area contributed by atoms with Crippen molar-refractivity contribution in [3.63, 3.8) is 0 Å². The zero-order chi connectivity index (χ0) is 31.9. The van der Waals surface area contributed by atoms with Gasteiger partial charge in [0.05, 0.1) is 30.2 Å². The lowest BCUT2D eigenvalue weighted by atomic mass is 9.86. The highest BCUT2D eigenvalue weighted by molar-refractivity contribution is 5.84. The zero-order valence-electron chi connectivity index (χ0n) is 26.1. The minimum absolute atomic E-state index is 0.0386. The van der Waals surface area contributed by atoms with Crippen LogP contribution < -0.4 is 5.32 Å². The molecule has 4 rings (SSSR count). The van der Waals surface area contributed by atoms with Crippen molar-refractivity contribution >= 4 is 12.0 Å². The van der Waals surface area contributed by atoms with Crippen LogP contribution in [0.15, 0.2) is 78.9 Å². The van der Waals surface area contributed by atoms with E-state index in [4.69, 9.17) is 4.74 Å². The number of nitrogens with one attached hydrogen (secondary N) is 1. The average molecular weight is 603 g/mol. The second-order valence-corrected chi connectivity index (χ2v) is 12.7. The molecule has 3 aromatic rings. The Kier molecular flexibility index (Phi) is 11.2. The Morgan fingerprint density at radius 3 is 2.30 bits per heavy atom. The van der Waals surface area contributed by atoms with Crippen molar-refractivity contribution in [2.75, 3.05) is 13.7 Å². The van der Waals surface area contributed by atoms with Crippen LogP contribution in [0.1, 0.15) is 73.4 Å². The standard InChI is InChI=1S/C36H46N2O6/c1-36(2,3)44-35(43)37-30(21-25-11-6-5-7-12-25)31(40)23-29(26-18-16-24(17-19-26)13-10-20-39)34(42)38(4)33-28-15-9-8-14-27(28)22-32(33)41/h5-9,11-12,14-19,29-33,39-41H,10,13,20-23H2,1-4H3,(H,37,43)/t29-,30+,31+,32-,33+/m1/s1. The van der Waals surface area contributed by atoms with Gasteiger partial charge in [-0.2, -0.15) is 0 Å². The minimum Gasteiger partial charge on any atom is -0.444 e. The van der Waals surface area contributed by atoms with Gasteiger partial charge in [0.1, 0.15) is 5.60 Å². The van der Waals surface area contributed by atoms with Gasteiger partial charge in [0, 0.05) is 20.1 Å². The molecule has 0 bridgehead atoms. The molecule has 0 aromatic heterocycles. The molecule has 0 fully saturated rings. The SMILES string of the molecule is CN(C(=O)[C@H](C[C@H](O)[C@H](Cc1ccccc1)NC(=O)OC(C)(C)C)c1ccc(CCCO)cc1)[C@H]1c2ccccc2C[C@H]1O. The molecular weight excluding hydrogens is 556 g/mol. The number of rotatable bonds is 12. The molecular formula is C36H46N2O6. The number of carbonyl (C=O) groups is 2. The summed E-state index contributed by atoms with van der Waals surface area (Å²) in [5.41, 5.74) is 3.90. The van der Waals surface area contributed by atoms with E-state index in [1.54, 1.807) is 32.7 Å². The smallest absolute Gasteiger partial charge is 0.407 e. The summed E-state index contributed by atoms with van der Waals surface area (Å²) in [5.74, 6) is -0.982. The normalized spacial score (nSPS) is 18.2. The lowest BCUT2D eigenvalue weighted by Gasteiger charge is -2.34. The molecule has 0 unspecified atom stereocenters. The number of fused-ring (bicyclic) bond motifs is 1. The van der Waals surface area contributed by atoms with Crippen LogP contribution in [0.25, 0.3) is 0 Å². The van der Waals surface area contributed by atoms with Crippen molar-refractivity contribution in [1.82, 2.24) is 10.2 Å². The number of likely N-dealkylation sites (N-methyl/N-ethyl adjacent to an activating group) is 1. The van der Waals surface area contributed by atoms with Gasteiger partial charge in [0.15, 0.2) is 0 Å². The Bertz CT molecular complexity index is 1370. The van der Waals surface area contributed by atoms with E-state index < -0.39 is 41.9 Å². The fraction of sp³-hybridized carbons (Fsp3) is 0.444. The van der Waals surface area contributed by atoms with Gasteiger partial charge >= 0.3 is 6.09 Å². The van der Waals surface area contributed by atoms with Gasteiger partial charge in [0.25, 0.3) is 0 Å². The summed E-state index contributed by atoms with van der Waals surface area (Å²) in [6.07, 6.45) is -0.293. The van der Waals surface area contributed by atoms with Gasteiger partial charge in [-0.3, -0.25) is 4.79 Å². The lowest BCUT2D eigenvalue weighted by Crippen LogP contribution is -2.48. The molecule has 4 N–H and O–H groups in total. The number of amides is 2. The van der Waals surface area contributed by atoms with E-state index in [9.17, 15) is 24.9 Å². The molecule has 0 saturated carbocycles. The fourth-order valence-corrected chi connectivity index (χ4v) is 6.00. The highest BCUT2D eigenvalue weighted by Gasteiger charge is 2.39. The maximum atomic E-state index is 14.3. The number of benzene rings is 3. The topological polar surface area (TPSA) is 119 Å². The number of nitrogens with zero attached hydrogens (tertiary/aromatic N) is 1. The first kappa shape index (κ1) is 33.2. The monoisotopic (exact) mass is 602 g/mol. The Balaban J connectivity index is 1.64. The largest absolute Gasteiger partial charge is 0.444 e. The van der Waals surface area contributed by atoms with Crippen molar-refractivity contribution < 1.29 is 29.6 Å². The second kappa shape index (κ2) is 14.8. The van der Waals surface area contributed by atoms with Gasteiger partial charge in [-0.05, 0) is 74.3 Å². The molecule has 5 atom stereocenters. The molecule has 1 aliphatic carbocycles. The molecule has 0 aliphatic heterocycles. The molecule has 8 heteroatoms. The lowest BCUT2D eigenvalue weighted by molar-refractivity contribution is -0.136. The highest BCUT2D eigenvalue weighted by atomic mass is 16.6. The molecule has 8 nitrogen and oxygen atoms in total. The number of aliphatic hydroxyl groups excluding tert-OH is 3. The molecule has 0 heterocycles. The van der Waals surface area contributed by atoms with Crippen molar-refractivity contribution in [2.24, 2.45) is 0 Å². The van der Waals surface area contributed by atoms with Gasteiger partial charge in [-0.25, -0.2) is 4.79 Å². The van der Waals surface area contributed by atoms with Crippen molar-refractivity contribution in [3.8, 4) is 0 Å². The fourth-order valence-electron chi connectivity index (χ4n) is 6.00. The Hall–Kier alpha value is -3.72. The maximum Gasteiger partial charge on any atom is 0.407 e. The van der Waals surface area contributed by atoms with Crippen LogP contribution in [0.3, 0.4) is 0 Å². The number of alkyl carbamates (subject to hydrolysis) is 1. The van der Waals surface area contributed by atoms with E-state index in [0.29, 0.717) is 25.7 Å². The molecule has 0 radical (unpaired) electrons. The zero-order valence-corrected chi connectivity index (χ0v) is 26.1. The Morgan fingerprint density at radius 2 is 1.64 bits per heavy atom. The number of carbonyl (C=O) groups excluding carboxylic acids is 2. The Labute approximate surface area is 260 Å². The molecule has 3 aromatic carbocycles. The summed E-state index contributed by atoms with van der Waals surface area (Å²) in [4.78, 5) is 28.8. The number of hydrogen-bond acceptors (Lipinski definition) is 6. The third-order valence-corrected chi connectivity index (χ3v) is 8.18. The first-order chi connectivity index (χ1) is 21.0. The molecule has 0 spiro atoms. The number of aliphatic hydroxyl groups is 3. The van der Waals surface area contributed by atoms with Crippen LogP contribution in [0.5, 0.6) is 0 Å². The van der Waals surface area contributed by atoms with E-state index in [1.165, 1.54) is 0 Å². The summed E-state index contributed by atoms with van der Waals surface area (Å²) in [6.45, 7) is 5.43. The predicted molar refractivity (Wildman–Crippen MR) is 170 cm³/mol. The van der Waals surface area contributed by atoms with Crippen molar-refractivity contribution in [3.05, 3.63) is 107 Å². The summed E-state index contributed by atoms with van der Waals surface area (Å²) in [7, 11) is 1.70. The minimum atomic E-state index is -1.10. The third-order valence-electron chi connectivity index (χ3n) is 8.18. The van der Waals surface area contributed by atoms with Crippen LogP contribution in [-0.2, 0) is 28.8 Å². The predicted octanol–water partition coefficient (Wildman–Crippen LogP) is 4.70.